The number of ether oxygens (including phenoxy) is 1. The third-order valence-electron chi connectivity index (χ3n) is 3.62. The highest BCUT2D eigenvalue weighted by Crippen LogP contribution is 2.31. The zero-order valence-electron chi connectivity index (χ0n) is 14.4. The van der Waals surface area contributed by atoms with Crippen molar-refractivity contribution in [3.63, 3.8) is 0 Å². The highest BCUT2D eigenvalue weighted by Gasteiger charge is 2.18. The molecule has 1 aromatic heterocycles. The van der Waals surface area contributed by atoms with E-state index in [0.717, 1.165) is 16.8 Å². The van der Waals surface area contributed by atoms with Gasteiger partial charge >= 0.3 is 6.15 Å². The van der Waals surface area contributed by atoms with Crippen LogP contribution in [-0.2, 0) is 9.59 Å². The molecule has 0 aliphatic heterocycles. The summed E-state index contributed by atoms with van der Waals surface area (Å²) in [6.45, 7) is 0. The van der Waals surface area contributed by atoms with E-state index in [4.69, 9.17) is 19.5 Å². The van der Waals surface area contributed by atoms with Gasteiger partial charge in [0.2, 0.25) is 0 Å². The number of nitrogens with zero attached hydrogens (tertiary/aromatic N) is 2. The normalized spacial score (nSPS) is 10.2. The predicted octanol–water partition coefficient (Wildman–Crippen LogP) is 4.01. The van der Waals surface area contributed by atoms with Crippen LogP contribution in [0.4, 0.5) is 13.2 Å². The first-order chi connectivity index (χ1) is 13.4. The first-order valence-corrected chi connectivity index (χ1v) is 8.51. The molecule has 0 aliphatic rings. The molecule has 3 aromatic rings. The van der Waals surface area contributed by atoms with Crippen LogP contribution in [0.3, 0.4) is 0 Å². The van der Waals surface area contributed by atoms with Crippen molar-refractivity contribution >= 4 is 18.1 Å². The van der Waals surface area contributed by atoms with Crippen LogP contribution in [0.25, 0.3) is 16.9 Å². The van der Waals surface area contributed by atoms with E-state index >= 15 is 0 Å². The Kier molecular flexibility index (Phi) is 7.39. The highest BCUT2D eigenvalue weighted by molar-refractivity contribution is 7.97. The Labute approximate surface area is 162 Å². The van der Waals surface area contributed by atoms with E-state index in [1.807, 2.05) is 0 Å². The number of benzene rings is 2. The maximum atomic E-state index is 14.0. The van der Waals surface area contributed by atoms with E-state index in [0.29, 0.717) is 16.9 Å². The van der Waals surface area contributed by atoms with Crippen molar-refractivity contribution in [3.05, 3.63) is 60.0 Å². The molecule has 146 valence electrons. The van der Waals surface area contributed by atoms with Gasteiger partial charge in [0.1, 0.15) is 5.69 Å². The molecule has 0 amide bonds. The van der Waals surface area contributed by atoms with Crippen LogP contribution in [0.5, 0.6) is 5.75 Å². The molecule has 0 fully saturated rings. The number of alkyl halides is 2. The van der Waals surface area contributed by atoms with Crippen molar-refractivity contribution in [2.75, 3.05) is 7.11 Å². The fourth-order valence-electron chi connectivity index (χ4n) is 2.40. The standard InChI is InChI=1S/C17H14F3N3OS.CO2/c1-24-16-7-2-10(8-13(16)18)15-9-14(17(19)20)22-23(15)11-3-5-12(25-21)6-4-11;2-1-3/h2-9,17H,21H2,1H3;. The third kappa shape index (κ3) is 4.80. The van der Waals surface area contributed by atoms with Crippen molar-refractivity contribution in [2.24, 2.45) is 5.14 Å². The van der Waals surface area contributed by atoms with Crippen molar-refractivity contribution in [1.82, 2.24) is 9.78 Å². The molecule has 2 N–H and O–H groups in total. The molecule has 10 heteroatoms. The molecule has 2 aromatic carbocycles. The maximum absolute atomic E-state index is 14.0. The lowest BCUT2D eigenvalue weighted by Crippen LogP contribution is -2.00. The Balaban J connectivity index is 0.000000878. The van der Waals surface area contributed by atoms with Gasteiger partial charge < -0.3 is 4.74 Å². The molecule has 6 nitrogen and oxygen atoms in total. The number of hydrogen-bond donors (Lipinski definition) is 1. The average molecular weight is 409 g/mol. The molecule has 0 spiro atoms. The van der Waals surface area contributed by atoms with Crippen molar-refractivity contribution < 1.29 is 27.5 Å². The van der Waals surface area contributed by atoms with Gasteiger partial charge in [0.25, 0.3) is 6.43 Å². The van der Waals surface area contributed by atoms with Crippen LogP contribution in [0.2, 0.25) is 0 Å². The van der Waals surface area contributed by atoms with Gasteiger partial charge in [-0.1, -0.05) is 0 Å². The van der Waals surface area contributed by atoms with Crippen molar-refractivity contribution in [1.29, 1.82) is 0 Å². The number of rotatable bonds is 5. The molecule has 0 saturated carbocycles. The van der Waals surface area contributed by atoms with Gasteiger partial charge in [-0.15, -0.1) is 0 Å². The van der Waals surface area contributed by atoms with E-state index in [-0.39, 0.29) is 17.6 Å². The number of nitrogens with two attached hydrogens (primary N) is 1. The van der Waals surface area contributed by atoms with Crippen LogP contribution >= 0.6 is 11.9 Å². The molecule has 0 unspecified atom stereocenters. The predicted molar refractivity (Wildman–Crippen MR) is 95.5 cm³/mol. The minimum absolute atomic E-state index is 0.0771. The molecule has 0 atom stereocenters. The van der Waals surface area contributed by atoms with E-state index in [2.05, 4.69) is 5.10 Å². The van der Waals surface area contributed by atoms with Crippen LogP contribution < -0.4 is 9.88 Å². The fourth-order valence-corrected chi connectivity index (χ4v) is 2.69. The van der Waals surface area contributed by atoms with Gasteiger partial charge in [0.15, 0.2) is 11.6 Å². The summed E-state index contributed by atoms with van der Waals surface area (Å²) in [7, 11) is 1.36. The molecular weight excluding hydrogens is 395 g/mol. The first-order valence-electron chi connectivity index (χ1n) is 7.63. The summed E-state index contributed by atoms with van der Waals surface area (Å²) < 4.78 is 46.5. The first kappa shape index (κ1) is 21.2. The van der Waals surface area contributed by atoms with Gasteiger partial charge in [0, 0.05) is 10.5 Å². The van der Waals surface area contributed by atoms with Gasteiger partial charge in [-0.3, -0.25) is 5.14 Å². The Hall–Kier alpha value is -3.07. The fraction of sp³-hybridized carbons (Fsp3) is 0.111. The number of carbonyl (C=O) groups excluding carboxylic acids is 2. The van der Waals surface area contributed by atoms with Crippen LogP contribution in [0, 0.1) is 5.82 Å². The van der Waals surface area contributed by atoms with E-state index in [1.54, 1.807) is 30.3 Å². The summed E-state index contributed by atoms with van der Waals surface area (Å²) in [6, 6.07) is 12.4. The Morgan fingerprint density at radius 2 is 1.79 bits per heavy atom. The summed E-state index contributed by atoms with van der Waals surface area (Å²) >= 11 is 1.08. The lowest BCUT2D eigenvalue weighted by Gasteiger charge is -2.09. The summed E-state index contributed by atoms with van der Waals surface area (Å²) in [6.07, 6.45) is -2.48. The molecule has 1 heterocycles. The molecule has 0 radical (unpaired) electrons. The van der Waals surface area contributed by atoms with Crippen LogP contribution in [0.15, 0.2) is 53.4 Å². The average Bonchev–Trinajstić information content (AvgIpc) is 3.14. The summed E-state index contributed by atoms with van der Waals surface area (Å²) in [5, 5.41) is 9.45. The van der Waals surface area contributed by atoms with Gasteiger partial charge in [0.05, 0.1) is 18.5 Å². The molecule has 0 saturated heterocycles. The third-order valence-corrected chi connectivity index (χ3v) is 4.16. The molecular formula is C18H14F3N3O3S. The zero-order chi connectivity index (χ0) is 20.7. The topological polar surface area (TPSA) is 87.2 Å². The van der Waals surface area contributed by atoms with E-state index < -0.39 is 12.2 Å². The Morgan fingerprint density at radius 3 is 2.29 bits per heavy atom. The largest absolute Gasteiger partial charge is 0.494 e. The van der Waals surface area contributed by atoms with Crippen molar-refractivity contribution in [3.8, 4) is 22.7 Å². The van der Waals surface area contributed by atoms with Crippen LogP contribution in [0.1, 0.15) is 12.1 Å². The lowest BCUT2D eigenvalue weighted by molar-refractivity contribution is -0.191. The molecule has 3 rings (SSSR count). The second-order valence-corrected chi connectivity index (χ2v) is 5.92. The number of hydrogen-bond acceptors (Lipinski definition) is 6. The Morgan fingerprint density at radius 1 is 1.14 bits per heavy atom. The quantitative estimate of drug-likeness (QED) is 0.641. The second-order valence-electron chi connectivity index (χ2n) is 5.21. The number of aromatic nitrogens is 2. The summed E-state index contributed by atoms with van der Waals surface area (Å²) in [5.74, 6) is -0.505. The monoisotopic (exact) mass is 409 g/mol. The molecule has 0 bridgehead atoms. The number of halogens is 3. The van der Waals surface area contributed by atoms with Gasteiger partial charge in [-0.2, -0.15) is 14.7 Å². The smallest absolute Gasteiger partial charge is 0.373 e. The molecule has 0 aliphatic carbocycles. The minimum Gasteiger partial charge on any atom is -0.494 e. The van der Waals surface area contributed by atoms with E-state index in [1.165, 1.54) is 30.0 Å². The highest BCUT2D eigenvalue weighted by atomic mass is 32.2. The van der Waals surface area contributed by atoms with Gasteiger partial charge in [-0.25, -0.2) is 17.9 Å². The van der Waals surface area contributed by atoms with E-state index in [9.17, 15) is 13.2 Å². The lowest BCUT2D eigenvalue weighted by atomic mass is 10.1. The Bertz CT molecular complexity index is 972. The van der Waals surface area contributed by atoms with Gasteiger partial charge in [-0.05, 0) is 60.5 Å². The number of methoxy groups -OCH3 is 1. The summed E-state index contributed by atoms with van der Waals surface area (Å²) in [5.41, 5.74) is 0.944. The maximum Gasteiger partial charge on any atom is 0.373 e. The van der Waals surface area contributed by atoms with Crippen molar-refractivity contribution in [2.45, 2.75) is 11.3 Å². The SMILES string of the molecule is COc1ccc(-c2cc(C(F)F)nn2-c2ccc(SN)cc2)cc1F.O=C=O. The minimum atomic E-state index is -2.73. The summed E-state index contributed by atoms with van der Waals surface area (Å²) in [4.78, 5) is 17.1. The van der Waals surface area contributed by atoms with Crippen LogP contribution in [-0.4, -0.2) is 23.0 Å². The second kappa shape index (κ2) is 9.75. The zero-order valence-corrected chi connectivity index (χ0v) is 15.3. The molecule has 28 heavy (non-hydrogen) atoms.